The molecule has 0 bridgehead atoms. The molecule has 4 nitrogen and oxygen atoms in total. The van der Waals surface area contributed by atoms with Crippen molar-refractivity contribution in [1.29, 1.82) is 0 Å². The predicted octanol–water partition coefficient (Wildman–Crippen LogP) is 10.5. The first-order valence-electron chi connectivity index (χ1n) is 14.8. The molecular weight excluding hydrogens is 569 g/mol. The molecule has 5 heteroatoms. The van der Waals surface area contributed by atoms with Crippen molar-refractivity contribution in [2.75, 3.05) is 0 Å². The number of hydrogen-bond acceptors (Lipinski definition) is 5. The van der Waals surface area contributed by atoms with Crippen molar-refractivity contribution < 1.29 is 0 Å². The second kappa shape index (κ2) is 11.7. The molecule has 212 valence electrons. The number of rotatable bonds is 6. The molecule has 0 N–H and O–H groups in total. The van der Waals surface area contributed by atoms with E-state index in [2.05, 4.69) is 103 Å². The maximum absolute atomic E-state index is 4.99. The third kappa shape index (κ3) is 5.53. The first kappa shape index (κ1) is 26.8. The zero-order valence-electron chi connectivity index (χ0n) is 24.2. The lowest BCUT2D eigenvalue weighted by molar-refractivity contribution is 1.07. The van der Waals surface area contributed by atoms with Gasteiger partial charge in [-0.2, -0.15) is 0 Å². The van der Waals surface area contributed by atoms with Gasteiger partial charge in [-0.1, -0.05) is 140 Å². The second-order valence-corrected chi connectivity index (χ2v) is 11.8. The second-order valence-electron chi connectivity index (χ2n) is 10.8. The van der Waals surface area contributed by atoms with Gasteiger partial charge in [-0.25, -0.2) is 19.9 Å². The number of benzene rings is 6. The number of hydrogen-bond donors (Lipinski definition) is 0. The van der Waals surface area contributed by atoms with E-state index in [-0.39, 0.29) is 0 Å². The molecule has 0 aliphatic heterocycles. The largest absolute Gasteiger partial charge is 0.236 e. The van der Waals surface area contributed by atoms with Gasteiger partial charge in [-0.05, 0) is 40.5 Å². The molecule has 0 fully saturated rings. The van der Waals surface area contributed by atoms with Gasteiger partial charge in [0.05, 0.1) is 10.2 Å². The van der Waals surface area contributed by atoms with E-state index in [4.69, 9.17) is 19.9 Å². The van der Waals surface area contributed by atoms with Crippen LogP contribution in [0.5, 0.6) is 0 Å². The first-order valence-corrected chi connectivity index (χ1v) is 15.6. The summed E-state index contributed by atoms with van der Waals surface area (Å²) in [5.74, 6) is 1.92. The van der Waals surface area contributed by atoms with E-state index in [1.165, 1.54) is 10.3 Å². The first-order chi connectivity index (χ1) is 22.3. The molecule has 8 aromatic rings. The van der Waals surface area contributed by atoms with Crippen LogP contribution in [0.25, 0.3) is 77.2 Å². The third-order valence-electron chi connectivity index (χ3n) is 7.78. The SMILES string of the molecule is c1ccc(-c2ccc(-c3nc(-c4ccccc4)nc(-c4cccc(-c5ccc6sc(-c7ccccc7)nc6c5)c4)n3)cc2)cc1. The lowest BCUT2D eigenvalue weighted by Crippen LogP contribution is -2.00. The molecule has 0 saturated carbocycles. The molecule has 2 heterocycles. The van der Waals surface area contributed by atoms with E-state index in [1.807, 2.05) is 54.6 Å². The van der Waals surface area contributed by atoms with Gasteiger partial charge in [-0.15, -0.1) is 11.3 Å². The van der Waals surface area contributed by atoms with Crippen molar-refractivity contribution in [3.8, 4) is 67.0 Å². The molecule has 0 amide bonds. The highest BCUT2D eigenvalue weighted by molar-refractivity contribution is 7.21. The lowest BCUT2D eigenvalue weighted by Gasteiger charge is -2.10. The Hall–Kier alpha value is -5.78. The van der Waals surface area contributed by atoms with Crippen LogP contribution in [0, 0.1) is 0 Å². The third-order valence-corrected chi connectivity index (χ3v) is 8.87. The zero-order chi connectivity index (χ0) is 30.0. The molecule has 0 spiro atoms. The van der Waals surface area contributed by atoms with Gasteiger partial charge in [0.1, 0.15) is 5.01 Å². The van der Waals surface area contributed by atoms with Crippen LogP contribution in [0.3, 0.4) is 0 Å². The monoisotopic (exact) mass is 594 g/mol. The standard InChI is InChI=1S/C40H26N4S/c1-4-11-27(12-5-1)28-19-21-30(22-20-28)38-42-37(29-13-6-2-7-14-29)43-39(44-38)34-18-10-17-32(25-34)33-23-24-36-35(26-33)41-40(45-36)31-15-8-3-9-16-31/h1-26H. The Morgan fingerprint density at radius 1 is 0.311 bits per heavy atom. The van der Waals surface area contributed by atoms with Gasteiger partial charge in [0, 0.05) is 22.3 Å². The van der Waals surface area contributed by atoms with Gasteiger partial charge in [-0.3, -0.25) is 0 Å². The summed E-state index contributed by atoms with van der Waals surface area (Å²) in [5, 5.41) is 1.03. The van der Waals surface area contributed by atoms with Crippen LogP contribution < -0.4 is 0 Å². The van der Waals surface area contributed by atoms with Crippen LogP contribution in [-0.2, 0) is 0 Å². The van der Waals surface area contributed by atoms with Crippen molar-refractivity contribution in [2.24, 2.45) is 0 Å². The van der Waals surface area contributed by atoms with E-state index in [9.17, 15) is 0 Å². The van der Waals surface area contributed by atoms with Crippen LogP contribution in [0.4, 0.5) is 0 Å². The summed E-state index contributed by atoms with van der Waals surface area (Å²) in [4.78, 5) is 19.8. The Bertz CT molecular complexity index is 2250. The van der Waals surface area contributed by atoms with Crippen LogP contribution in [0.1, 0.15) is 0 Å². The summed E-state index contributed by atoms with van der Waals surface area (Å²) < 4.78 is 1.17. The van der Waals surface area contributed by atoms with Crippen molar-refractivity contribution in [3.05, 3.63) is 158 Å². The Labute approximate surface area is 265 Å². The lowest BCUT2D eigenvalue weighted by atomic mass is 10.0. The van der Waals surface area contributed by atoms with E-state index < -0.39 is 0 Å². The van der Waals surface area contributed by atoms with E-state index in [0.717, 1.165) is 49.5 Å². The van der Waals surface area contributed by atoms with Crippen LogP contribution in [-0.4, -0.2) is 19.9 Å². The molecule has 0 aliphatic carbocycles. The highest BCUT2D eigenvalue weighted by atomic mass is 32.1. The summed E-state index contributed by atoms with van der Waals surface area (Å²) in [6.45, 7) is 0. The molecule has 0 atom stereocenters. The van der Waals surface area contributed by atoms with E-state index in [1.54, 1.807) is 11.3 Å². The average molecular weight is 595 g/mol. The quantitative estimate of drug-likeness (QED) is 0.192. The van der Waals surface area contributed by atoms with Crippen LogP contribution in [0.2, 0.25) is 0 Å². The van der Waals surface area contributed by atoms with Gasteiger partial charge in [0.15, 0.2) is 17.5 Å². The predicted molar refractivity (Wildman–Crippen MR) is 186 cm³/mol. The number of nitrogens with zero attached hydrogens (tertiary/aromatic N) is 4. The van der Waals surface area contributed by atoms with Gasteiger partial charge in [0.25, 0.3) is 0 Å². The number of fused-ring (bicyclic) bond motifs is 1. The summed E-state index contributed by atoms with van der Waals surface area (Å²) in [5.41, 5.74) is 9.45. The fourth-order valence-corrected chi connectivity index (χ4v) is 6.39. The minimum atomic E-state index is 0.633. The molecule has 45 heavy (non-hydrogen) atoms. The molecule has 0 radical (unpaired) electrons. The summed E-state index contributed by atoms with van der Waals surface area (Å²) in [6.07, 6.45) is 0. The zero-order valence-corrected chi connectivity index (χ0v) is 25.0. The minimum absolute atomic E-state index is 0.633. The van der Waals surface area contributed by atoms with Crippen LogP contribution in [0.15, 0.2) is 158 Å². The molecular formula is C40H26N4S. The van der Waals surface area contributed by atoms with Gasteiger partial charge >= 0.3 is 0 Å². The maximum atomic E-state index is 4.99. The topological polar surface area (TPSA) is 51.6 Å². The molecule has 0 saturated heterocycles. The molecule has 8 rings (SSSR count). The maximum Gasteiger partial charge on any atom is 0.164 e. The highest BCUT2D eigenvalue weighted by Gasteiger charge is 2.14. The van der Waals surface area contributed by atoms with Crippen LogP contribution >= 0.6 is 11.3 Å². The Morgan fingerprint density at radius 2 is 0.756 bits per heavy atom. The Kier molecular flexibility index (Phi) is 6.98. The van der Waals surface area contributed by atoms with Crippen molar-refractivity contribution in [1.82, 2.24) is 19.9 Å². The normalized spacial score (nSPS) is 11.1. The molecule has 0 unspecified atom stereocenters. The Morgan fingerprint density at radius 3 is 1.42 bits per heavy atom. The van der Waals surface area contributed by atoms with Crippen molar-refractivity contribution in [3.63, 3.8) is 0 Å². The molecule has 0 aliphatic rings. The smallest absolute Gasteiger partial charge is 0.164 e. The van der Waals surface area contributed by atoms with E-state index in [0.29, 0.717) is 17.5 Å². The molecule has 2 aromatic heterocycles. The highest BCUT2D eigenvalue weighted by Crippen LogP contribution is 2.34. The fourth-order valence-electron chi connectivity index (χ4n) is 5.44. The average Bonchev–Trinajstić information content (AvgIpc) is 3.57. The summed E-state index contributed by atoms with van der Waals surface area (Å²) >= 11 is 1.71. The van der Waals surface area contributed by atoms with Crippen molar-refractivity contribution >= 4 is 21.6 Å². The molecule has 6 aromatic carbocycles. The van der Waals surface area contributed by atoms with Gasteiger partial charge < -0.3 is 0 Å². The number of thiazole rings is 1. The van der Waals surface area contributed by atoms with Gasteiger partial charge in [0.2, 0.25) is 0 Å². The van der Waals surface area contributed by atoms with Crippen molar-refractivity contribution in [2.45, 2.75) is 0 Å². The Balaban J connectivity index is 1.18. The van der Waals surface area contributed by atoms with E-state index >= 15 is 0 Å². The fraction of sp³-hybridized carbons (Fsp3) is 0. The summed E-state index contributed by atoms with van der Waals surface area (Å²) in [7, 11) is 0. The number of aromatic nitrogens is 4. The summed E-state index contributed by atoms with van der Waals surface area (Å²) in [6, 6.07) is 54.1. The minimum Gasteiger partial charge on any atom is -0.236 e.